The number of carbonyl (C=O) groups excluding carboxylic acids is 1. The normalized spacial score (nSPS) is 14.2. The van der Waals surface area contributed by atoms with Crippen LogP contribution >= 0.6 is 0 Å². The van der Waals surface area contributed by atoms with E-state index in [9.17, 15) is 4.79 Å². The van der Waals surface area contributed by atoms with Crippen LogP contribution in [0.3, 0.4) is 0 Å². The summed E-state index contributed by atoms with van der Waals surface area (Å²) in [6.45, 7) is 5.00. The van der Waals surface area contributed by atoms with Crippen molar-refractivity contribution < 1.29 is 4.79 Å². The lowest BCUT2D eigenvalue weighted by atomic mass is 9.97. The molecule has 1 aliphatic carbocycles. The first-order valence-electron chi connectivity index (χ1n) is 7.56. The highest BCUT2D eigenvalue weighted by Crippen LogP contribution is 2.19. The first-order chi connectivity index (χ1) is 10.3. The molecule has 21 heavy (non-hydrogen) atoms. The zero-order valence-electron chi connectivity index (χ0n) is 12.4. The highest BCUT2D eigenvalue weighted by atomic mass is 16.1. The van der Waals surface area contributed by atoms with Crippen molar-refractivity contribution in [2.75, 3.05) is 18.4 Å². The monoisotopic (exact) mass is 285 g/mol. The Kier molecular flexibility index (Phi) is 6.00. The van der Waals surface area contributed by atoms with Gasteiger partial charge in [0.1, 0.15) is 5.69 Å². The van der Waals surface area contributed by atoms with Gasteiger partial charge in [0, 0.05) is 25.0 Å². The van der Waals surface area contributed by atoms with Crippen LogP contribution in [-0.2, 0) is 0 Å². The van der Waals surface area contributed by atoms with Gasteiger partial charge in [-0.1, -0.05) is 17.7 Å². The van der Waals surface area contributed by atoms with Gasteiger partial charge in [-0.2, -0.15) is 0 Å². The average Bonchev–Trinajstić information content (AvgIpc) is 2.54. The fraction of sp³-hybridized carbons (Fsp3) is 0.412. The van der Waals surface area contributed by atoms with Crippen LogP contribution in [0.2, 0.25) is 0 Å². The maximum atomic E-state index is 12.1. The lowest BCUT2D eigenvalue weighted by Crippen LogP contribution is -2.25. The molecule has 0 fully saturated rings. The van der Waals surface area contributed by atoms with Crippen LogP contribution in [-0.4, -0.2) is 24.0 Å². The Balaban J connectivity index is 1.82. The highest BCUT2D eigenvalue weighted by Gasteiger charge is 2.08. The molecule has 4 nitrogen and oxygen atoms in total. The molecule has 1 aromatic rings. The smallest absolute Gasteiger partial charge is 0.269 e. The van der Waals surface area contributed by atoms with Crippen molar-refractivity contribution in [2.24, 2.45) is 0 Å². The van der Waals surface area contributed by atoms with E-state index in [0.29, 0.717) is 18.8 Å². The van der Waals surface area contributed by atoms with Crippen molar-refractivity contribution in [2.45, 2.75) is 32.1 Å². The predicted molar refractivity (Wildman–Crippen MR) is 86.4 cm³/mol. The first kappa shape index (κ1) is 15.3. The highest BCUT2D eigenvalue weighted by molar-refractivity contribution is 5.93. The van der Waals surface area contributed by atoms with Crippen molar-refractivity contribution in [1.29, 1.82) is 0 Å². The summed E-state index contributed by atoms with van der Waals surface area (Å²) < 4.78 is 0. The van der Waals surface area contributed by atoms with E-state index in [1.807, 2.05) is 6.07 Å². The zero-order chi connectivity index (χ0) is 14.9. The third kappa shape index (κ3) is 5.06. The van der Waals surface area contributed by atoms with E-state index < -0.39 is 0 Å². The molecule has 0 radical (unpaired) electrons. The molecule has 1 heterocycles. The molecule has 1 aromatic heterocycles. The molecule has 0 saturated carbocycles. The van der Waals surface area contributed by atoms with Gasteiger partial charge in [0.15, 0.2) is 0 Å². The van der Waals surface area contributed by atoms with Gasteiger partial charge < -0.3 is 10.6 Å². The molecule has 0 unspecified atom stereocenters. The van der Waals surface area contributed by atoms with Crippen LogP contribution in [0.15, 0.2) is 42.6 Å². The minimum atomic E-state index is -0.117. The summed E-state index contributed by atoms with van der Waals surface area (Å²) >= 11 is 0. The van der Waals surface area contributed by atoms with Crippen LogP contribution in [0.1, 0.15) is 42.6 Å². The molecular weight excluding hydrogens is 262 g/mol. The van der Waals surface area contributed by atoms with Gasteiger partial charge in [-0.15, -0.1) is 6.58 Å². The third-order valence-electron chi connectivity index (χ3n) is 3.56. The third-order valence-corrected chi connectivity index (χ3v) is 3.56. The second kappa shape index (κ2) is 8.25. The SMILES string of the molecule is C=CCNc1ccnc(C(=O)NCCC2=CCCCC2)c1. The first-order valence-corrected chi connectivity index (χ1v) is 7.56. The number of hydrogen-bond acceptors (Lipinski definition) is 3. The van der Waals surface area contributed by atoms with E-state index >= 15 is 0 Å². The van der Waals surface area contributed by atoms with Gasteiger partial charge in [0.2, 0.25) is 0 Å². The van der Waals surface area contributed by atoms with E-state index in [2.05, 4.69) is 28.3 Å². The number of rotatable bonds is 7. The van der Waals surface area contributed by atoms with E-state index in [0.717, 1.165) is 12.1 Å². The number of carbonyl (C=O) groups is 1. The summed E-state index contributed by atoms with van der Waals surface area (Å²) in [6, 6.07) is 3.60. The molecule has 1 amide bonds. The number of anilines is 1. The summed E-state index contributed by atoms with van der Waals surface area (Å²) in [7, 11) is 0. The number of allylic oxidation sites excluding steroid dienone is 1. The van der Waals surface area contributed by atoms with Crippen LogP contribution in [0, 0.1) is 0 Å². The molecule has 0 aromatic carbocycles. The molecule has 0 aliphatic heterocycles. The summed E-state index contributed by atoms with van der Waals surface area (Å²) in [5.41, 5.74) is 2.79. The number of amides is 1. The Bertz CT molecular complexity index is 523. The fourth-order valence-electron chi connectivity index (χ4n) is 2.41. The lowest BCUT2D eigenvalue weighted by Gasteiger charge is -2.13. The maximum absolute atomic E-state index is 12.1. The van der Waals surface area contributed by atoms with E-state index in [4.69, 9.17) is 0 Å². The second-order valence-electron chi connectivity index (χ2n) is 5.21. The van der Waals surface area contributed by atoms with Crippen LogP contribution in [0.4, 0.5) is 5.69 Å². The summed E-state index contributed by atoms with van der Waals surface area (Å²) in [5.74, 6) is -0.117. The largest absolute Gasteiger partial charge is 0.381 e. The molecule has 0 spiro atoms. The number of pyridine rings is 1. The van der Waals surface area contributed by atoms with Crippen molar-refractivity contribution >= 4 is 11.6 Å². The Morgan fingerprint density at radius 1 is 1.43 bits per heavy atom. The number of hydrogen-bond donors (Lipinski definition) is 2. The van der Waals surface area contributed by atoms with Crippen molar-refractivity contribution in [3.8, 4) is 0 Å². The van der Waals surface area contributed by atoms with Gasteiger partial charge in [0.25, 0.3) is 5.91 Å². The Morgan fingerprint density at radius 3 is 3.10 bits per heavy atom. The molecule has 112 valence electrons. The fourth-order valence-corrected chi connectivity index (χ4v) is 2.41. The van der Waals surface area contributed by atoms with Gasteiger partial charge in [-0.3, -0.25) is 9.78 Å². The standard InChI is InChI=1S/C17H23N3O/c1-2-10-18-15-9-12-19-16(13-15)17(21)20-11-8-14-6-4-3-5-7-14/h2,6,9,12-13H,1,3-5,7-8,10-11H2,(H,18,19)(H,20,21). The average molecular weight is 285 g/mol. The molecule has 4 heteroatoms. The summed E-state index contributed by atoms with van der Waals surface area (Å²) in [5, 5.41) is 6.09. The van der Waals surface area contributed by atoms with Gasteiger partial charge >= 0.3 is 0 Å². The number of nitrogens with one attached hydrogen (secondary N) is 2. The van der Waals surface area contributed by atoms with E-state index in [1.54, 1.807) is 18.3 Å². The topological polar surface area (TPSA) is 54.0 Å². The van der Waals surface area contributed by atoms with Gasteiger partial charge in [-0.05, 0) is 44.2 Å². The van der Waals surface area contributed by atoms with Crippen LogP contribution < -0.4 is 10.6 Å². The van der Waals surface area contributed by atoms with Crippen molar-refractivity contribution in [3.63, 3.8) is 0 Å². The molecule has 0 bridgehead atoms. The molecule has 0 saturated heterocycles. The van der Waals surface area contributed by atoms with Gasteiger partial charge in [0.05, 0.1) is 0 Å². The summed E-state index contributed by atoms with van der Waals surface area (Å²) in [4.78, 5) is 16.2. The summed E-state index contributed by atoms with van der Waals surface area (Å²) in [6.07, 6.45) is 11.6. The molecule has 2 N–H and O–H groups in total. The number of aromatic nitrogens is 1. The van der Waals surface area contributed by atoms with Crippen LogP contribution in [0.5, 0.6) is 0 Å². The van der Waals surface area contributed by atoms with E-state index in [-0.39, 0.29) is 5.91 Å². The lowest BCUT2D eigenvalue weighted by molar-refractivity contribution is 0.0949. The van der Waals surface area contributed by atoms with E-state index in [1.165, 1.54) is 31.3 Å². The van der Waals surface area contributed by atoms with Crippen LogP contribution in [0.25, 0.3) is 0 Å². The zero-order valence-corrected chi connectivity index (χ0v) is 12.4. The minimum Gasteiger partial charge on any atom is -0.381 e. The van der Waals surface area contributed by atoms with Gasteiger partial charge in [-0.25, -0.2) is 0 Å². The Morgan fingerprint density at radius 2 is 2.33 bits per heavy atom. The predicted octanol–water partition coefficient (Wildman–Crippen LogP) is 3.30. The Labute approximate surface area is 126 Å². The Hall–Kier alpha value is -2.10. The molecule has 2 rings (SSSR count). The molecular formula is C17H23N3O. The molecule has 0 atom stereocenters. The van der Waals surface area contributed by atoms with Crippen molar-refractivity contribution in [1.82, 2.24) is 10.3 Å². The maximum Gasteiger partial charge on any atom is 0.269 e. The number of nitrogens with zero attached hydrogens (tertiary/aromatic N) is 1. The quantitative estimate of drug-likeness (QED) is 0.756. The minimum absolute atomic E-state index is 0.117. The molecule has 1 aliphatic rings. The van der Waals surface area contributed by atoms with Crippen molar-refractivity contribution in [3.05, 3.63) is 48.3 Å². The second-order valence-corrected chi connectivity index (χ2v) is 5.21.